The van der Waals surface area contributed by atoms with Crippen LogP contribution in [0.25, 0.3) is 0 Å². The van der Waals surface area contributed by atoms with Gasteiger partial charge in [0.1, 0.15) is 0 Å². The van der Waals surface area contributed by atoms with E-state index in [1.54, 1.807) is 12.1 Å². The fourth-order valence-corrected chi connectivity index (χ4v) is 2.39. The van der Waals surface area contributed by atoms with Crippen molar-refractivity contribution in [1.82, 2.24) is 4.90 Å². The highest BCUT2D eigenvalue weighted by Gasteiger charge is 2.17. The van der Waals surface area contributed by atoms with Crippen LogP contribution in [0.2, 0.25) is 15.1 Å². The van der Waals surface area contributed by atoms with Gasteiger partial charge in [-0.2, -0.15) is 0 Å². The Morgan fingerprint density at radius 1 is 1.18 bits per heavy atom. The predicted molar refractivity (Wildman–Crippen MR) is 74.2 cm³/mol. The molecule has 1 N–H and O–H groups in total. The van der Waals surface area contributed by atoms with Crippen molar-refractivity contribution in [2.75, 3.05) is 19.6 Å². The second-order valence-corrected chi connectivity index (χ2v) is 5.01. The number of halogens is 3. The molecular formula is C12H16Cl3NO. The lowest BCUT2D eigenvalue weighted by Gasteiger charge is -2.23. The summed E-state index contributed by atoms with van der Waals surface area (Å²) in [5.74, 6) is 0. The maximum Gasteiger partial charge on any atom is 0.0932 e. The lowest BCUT2D eigenvalue weighted by molar-refractivity contribution is 0.119. The topological polar surface area (TPSA) is 23.5 Å². The summed E-state index contributed by atoms with van der Waals surface area (Å²) >= 11 is 17.9. The lowest BCUT2D eigenvalue weighted by Crippen LogP contribution is -2.28. The van der Waals surface area contributed by atoms with Gasteiger partial charge in [0.05, 0.1) is 16.1 Å². The van der Waals surface area contributed by atoms with E-state index in [1.165, 1.54) is 0 Å². The van der Waals surface area contributed by atoms with E-state index in [4.69, 9.17) is 34.8 Å². The molecule has 1 rings (SSSR count). The van der Waals surface area contributed by atoms with Gasteiger partial charge in [-0.1, -0.05) is 48.7 Å². The first-order valence-corrected chi connectivity index (χ1v) is 6.67. The molecule has 0 spiro atoms. The number of rotatable bonds is 5. The minimum absolute atomic E-state index is 0.368. The molecule has 1 aromatic rings. The molecule has 1 unspecified atom stereocenters. The van der Waals surface area contributed by atoms with Crippen LogP contribution in [0.1, 0.15) is 25.5 Å². The largest absolute Gasteiger partial charge is 0.387 e. The van der Waals surface area contributed by atoms with E-state index in [2.05, 4.69) is 4.90 Å². The standard InChI is InChI=1S/C12H16Cl3NO/c1-3-16(4-2)7-11(17)9-5-8(13)6-10(14)12(9)15/h5-6,11,17H,3-4,7H2,1-2H3. The van der Waals surface area contributed by atoms with Crippen LogP contribution in [-0.2, 0) is 0 Å². The van der Waals surface area contributed by atoms with E-state index in [9.17, 15) is 5.11 Å². The van der Waals surface area contributed by atoms with Gasteiger partial charge in [0, 0.05) is 17.1 Å². The van der Waals surface area contributed by atoms with Crippen LogP contribution in [0.15, 0.2) is 12.1 Å². The van der Waals surface area contributed by atoms with Gasteiger partial charge < -0.3 is 10.0 Å². The summed E-state index contributed by atoms with van der Waals surface area (Å²) in [5, 5.41) is 11.4. The maximum absolute atomic E-state index is 10.1. The average molecular weight is 297 g/mol. The Hall–Kier alpha value is 0.01000. The van der Waals surface area contributed by atoms with Crippen LogP contribution in [0.4, 0.5) is 0 Å². The third-order valence-electron chi connectivity index (χ3n) is 2.71. The van der Waals surface area contributed by atoms with Crippen LogP contribution in [0.3, 0.4) is 0 Å². The molecule has 0 aromatic heterocycles. The Labute approximate surface area is 117 Å². The minimum Gasteiger partial charge on any atom is -0.387 e. The maximum atomic E-state index is 10.1. The third kappa shape index (κ3) is 4.01. The van der Waals surface area contributed by atoms with E-state index < -0.39 is 6.10 Å². The van der Waals surface area contributed by atoms with Crippen molar-refractivity contribution in [3.05, 3.63) is 32.8 Å². The van der Waals surface area contributed by atoms with Crippen LogP contribution in [-0.4, -0.2) is 29.6 Å². The van der Waals surface area contributed by atoms with Gasteiger partial charge in [-0.05, 0) is 25.2 Å². The number of benzene rings is 1. The molecule has 1 atom stereocenters. The zero-order valence-electron chi connectivity index (χ0n) is 9.88. The number of aliphatic hydroxyl groups is 1. The quantitative estimate of drug-likeness (QED) is 0.830. The van der Waals surface area contributed by atoms with E-state index in [-0.39, 0.29) is 0 Å². The highest BCUT2D eigenvalue weighted by molar-refractivity contribution is 6.43. The van der Waals surface area contributed by atoms with E-state index in [0.717, 1.165) is 13.1 Å². The summed E-state index contributed by atoms with van der Waals surface area (Å²) in [5.41, 5.74) is 0.580. The van der Waals surface area contributed by atoms with Crippen molar-refractivity contribution in [3.63, 3.8) is 0 Å². The van der Waals surface area contributed by atoms with Crippen molar-refractivity contribution in [1.29, 1.82) is 0 Å². The van der Waals surface area contributed by atoms with Gasteiger partial charge in [0.25, 0.3) is 0 Å². The van der Waals surface area contributed by atoms with Crippen molar-refractivity contribution in [2.45, 2.75) is 20.0 Å². The number of nitrogens with zero attached hydrogens (tertiary/aromatic N) is 1. The van der Waals surface area contributed by atoms with Crippen molar-refractivity contribution >= 4 is 34.8 Å². The monoisotopic (exact) mass is 295 g/mol. The first-order valence-electron chi connectivity index (χ1n) is 5.54. The van der Waals surface area contributed by atoms with Crippen molar-refractivity contribution in [3.8, 4) is 0 Å². The first kappa shape index (κ1) is 15.1. The molecule has 5 heteroatoms. The highest BCUT2D eigenvalue weighted by Crippen LogP contribution is 2.33. The van der Waals surface area contributed by atoms with Gasteiger partial charge in [-0.3, -0.25) is 0 Å². The molecule has 0 aliphatic carbocycles. The lowest BCUT2D eigenvalue weighted by atomic mass is 10.1. The predicted octanol–water partition coefficient (Wildman–Crippen LogP) is 4.02. The van der Waals surface area contributed by atoms with Crippen LogP contribution in [0, 0.1) is 0 Å². The summed E-state index contributed by atoms with van der Waals surface area (Å²) in [6, 6.07) is 3.23. The van der Waals surface area contributed by atoms with Gasteiger partial charge in [-0.25, -0.2) is 0 Å². The third-order valence-corrected chi connectivity index (χ3v) is 3.74. The molecule has 0 saturated heterocycles. The van der Waals surface area contributed by atoms with Crippen LogP contribution in [0.5, 0.6) is 0 Å². The molecule has 0 bridgehead atoms. The molecular weight excluding hydrogens is 280 g/mol. The summed E-state index contributed by atoms with van der Waals surface area (Å²) in [4.78, 5) is 2.11. The Morgan fingerprint density at radius 3 is 2.29 bits per heavy atom. The molecule has 0 aliphatic rings. The van der Waals surface area contributed by atoms with Crippen molar-refractivity contribution < 1.29 is 5.11 Å². The Morgan fingerprint density at radius 2 is 1.76 bits per heavy atom. The molecule has 0 fully saturated rings. The summed E-state index contributed by atoms with van der Waals surface area (Å²) in [6.45, 7) is 6.36. The number of aliphatic hydroxyl groups excluding tert-OH is 1. The molecule has 0 aliphatic heterocycles. The molecule has 96 valence electrons. The first-order chi connectivity index (χ1) is 7.99. The fraction of sp³-hybridized carbons (Fsp3) is 0.500. The number of hydrogen-bond donors (Lipinski definition) is 1. The summed E-state index contributed by atoms with van der Waals surface area (Å²) in [7, 11) is 0. The second-order valence-electron chi connectivity index (χ2n) is 3.79. The SMILES string of the molecule is CCN(CC)CC(O)c1cc(Cl)cc(Cl)c1Cl. The zero-order valence-corrected chi connectivity index (χ0v) is 12.1. The number of likely N-dealkylation sites (N-methyl/N-ethyl adjacent to an activating group) is 1. The Kier molecular flexibility index (Phi) is 6.04. The Bertz CT molecular complexity index is 380. The molecule has 2 nitrogen and oxygen atoms in total. The average Bonchev–Trinajstić information content (AvgIpc) is 2.30. The van der Waals surface area contributed by atoms with E-state index in [1.807, 2.05) is 13.8 Å². The smallest absolute Gasteiger partial charge is 0.0932 e. The molecule has 0 saturated carbocycles. The van der Waals surface area contributed by atoms with Gasteiger partial charge in [-0.15, -0.1) is 0 Å². The van der Waals surface area contributed by atoms with Gasteiger partial charge in [0.15, 0.2) is 0 Å². The van der Waals surface area contributed by atoms with Crippen LogP contribution >= 0.6 is 34.8 Å². The molecule has 17 heavy (non-hydrogen) atoms. The van der Waals surface area contributed by atoms with Crippen molar-refractivity contribution in [2.24, 2.45) is 0 Å². The minimum atomic E-state index is -0.682. The molecule has 1 aromatic carbocycles. The Balaban J connectivity index is 2.92. The zero-order chi connectivity index (χ0) is 13.0. The van der Waals surface area contributed by atoms with Crippen LogP contribution < -0.4 is 0 Å². The van der Waals surface area contributed by atoms with Gasteiger partial charge >= 0.3 is 0 Å². The number of hydrogen-bond acceptors (Lipinski definition) is 2. The van der Waals surface area contributed by atoms with E-state index in [0.29, 0.717) is 27.2 Å². The van der Waals surface area contributed by atoms with E-state index >= 15 is 0 Å². The molecule has 0 heterocycles. The fourth-order valence-electron chi connectivity index (χ4n) is 1.64. The van der Waals surface area contributed by atoms with Gasteiger partial charge in [0.2, 0.25) is 0 Å². The molecule has 0 radical (unpaired) electrons. The summed E-state index contributed by atoms with van der Waals surface area (Å²) in [6.07, 6.45) is -0.682. The second kappa shape index (κ2) is 6.81. The molecule has 0 amide bonds. The highest BCUT2D eigenvalue weighted by atomic mass is 35.5. The summed E-state index contributed by atoms with van der Waals surface area (Å²) < 4.78 is 0. The normalized spacial score (nSPS) is 13.1.